The fourth-order valence-electron chi connectivity index (χ4n) is 3.01. The van der Waals surface area contributed by atoms with Crippen molar-refractivity contribution in [2.24, 2.45) is 0 Å². The number of aromatic nitrogens is 3. The highest BCUT2D eigenvalue weighted by molar-refractivity contribution is 6.04. The van der Waals surface area contributed by atoms with Gasteiger partial charge in [0.25, 0.3) is 5.91 Å². The van der Waals surface area contributed by atoms with Crippen LogP contribution in [-0.2, 0) is 13.0 Å². The van der Waals surface area contributed by atoms with Crippen LogP contribution in [0.1, 0.15) is 33.0 Å². The molecule has 3 N–H and O–H groups in total. The van der Waals surface area contributed by atoms with Crippen LogP contribution in [0.2, 0.25) is 0 Å². The highest BCUT2D eigenvalue weighted by Gasteiger charge is 2.22. The van der Waals surface area contributed by atoms with E-state index in [0.717, 1.165) is 41.0 Å². The predicted octanol–water partition coefficient (Wildman–Crippen LogP) is 2.58. The molecule has 3 heterocycles. The number of carbonyl (C=O) groups is 1. The summed E-state index contributed by atoms with van der Waals surface area (Å²) >= 11 is 0. The molecule has 2 aromatic heterocycles. The van der Waals surface area contributed by atoms with Gasteiger partial charge in [-0.1, -0.05) is 6.07 Å². The lowest BCUT2D eigenvalue weighted by Crippen LogP contribution is -2.25. The topological polar surface area (TPSA) is 95.8 Å². The van der Waals surface area contributed by atoms with Crippen molar-refractivity contribution in [2.45, 2.75) is 26.8 Å². The molecule has 0 spiro atoms. The number of aromatic amines is 1. The number of hydrogen-bond donors (Lipinski definition) is 3. The van der Waals surface area contributed by atoms with E-state index in [9.17, 15) is 4.79 Å². The first-order valence-corrected chi connectivity index (χ1v) is 8.23. The standard InChI is InChI=1S/C18H19N5O2/c1-10-3-4-12(7-13(10)18-20-11(2)9-25-18)21-17(24)16-14-8-19-6-5-15(14)22-23-16/h3-4,7,9,19H,5-6,8H2,1-2H3,(H,21,24)(H,22,23). The number of rotatable bonds is 3. The van der Waals surface area contributed by atoms with E-state index in [2.05, 4.69) is 25.8 Å². The maximum absolute atomic E-state index is 12.6. The van der Waals surface area contributed by atoms with Gasteiger partial charge in [-0.25, -0.2) is 4.98 Å². The van der Waals surface area contributed by atoms with Crippen molar-refractivity contribution >= 4 is 11.6 Å². The van der Waals surface area contributed by atoms with Gasteiger partial charge in [0.1, 0.15) is 6.26 Å². The van der Waals surface area contributed by atoms with E-state index in [1.165, 1.54) is 0 Å². The first-order chi connectivity index (χ1) is 12.1. The zero-order valence-electron chi connectivity index (χ0n) is 14.1. The van der Waals surface area contributed by atoms with Crippen molar-refractivity contribution in [3.63, 3.8) is 0 Å². The minimum absolute atomic E-state index is 0.223. The second-order valence-corrected chi connectivity index (χ2v) is 6.23. The summed E-state index contributed by atoms with van der Waals surface area (Å²) in [5.74, 6) is 0.326. The average Bonchev–Trinajstić information content (AvgIpc) is 3.23. The number of hydrogen-bond acceptors (Lipinski definition) is 5. The molecule has 0 fully saturated rings. The van der Waals surface area contributed by atoms with Crippen molar-refractivity contribution in [3.8, 4) is 11.5 Å². The number of nitrogens with one attached hydrogen (secondary N) is 3. The summed E-state index contributed by atoms with van der Waals surface area (Å²) in [4.78, 5) is 17.0. The Labute approximate surface area is 144 Å². The summed E-state index contributed by atoms with van der Waals surface area (Å²) in [5.41, 5.74) is 5.80. The molecule has 0 saturated carbocycles. The molecular formula is C18H19N5O2. The van der Waals surface area contributed by atoms with Crippen molar-refractivity contribution in [1.82, 2.24) is 20.5 Å². The molecule has 25 heavy (non-hydrogen) atoms. The number of benzene rings is 1. The van der Waals surface area contributed by atoms with Gasteiger partial charge in [0.2, 0.25) is 5.89 Å². The second kappa shape index (κ2) is 6.18. The largest absolute Gasteiger partial charge is 0.444 e. The van der Waals surface area contributed by atoms with Gasteiger partial charge in [0.15, 0.2) is 5.69 Å². The molecule has 1 aliphatic rings. The quantitative estimate of drug-likeness (QED) is 0.683. The van der Waals surface area contributed by atoms with Gasteiger partial charge in [0.05, 0.1) is 5.69 Å². The maximum atomic E-state index is 12.6. The number of nitrogens with zero attached hydrogens (tertiary/aromatic N) is 2. The van der Waals surface area contributed by atoms with Crippen molar-refractivity contribution in [1.29, 1.82) is 0 Å². The van der Waals surface area contributed by atoms with Gasteiger partial charge in [-0.05, 0) is 31.5 Å². The Hall–Kier alpha value is -2.93. The lowest BCUT2D eigenvalue weighted by molar-refractivity contribution is 0.102. The Bertz CT molecular complexity index is 941. The summed E-state index contributed by atoms with van der Waals surface area (Å²) in [6, 6.07) is 5.67. The van der Waals surface area contributed by atoms with Gasteiger partial charge >= 0.3 is 0 Å². The molecule has 1 aromatic carbocycles. The molecular weight excluding hydrogens is 318 g/mol. The van der Waals surface area contributed by atoms with E-state index < -0.39 is 0 Å². The van der Waals surface area contributed by atoms with Gasteiger partial charge in [-0.15, -0.1) is 0 Å². The van der Waals surface area contributed by atoms with Crippen molar-refractivity contribution in [2.75, 3.05) is 11.9 Å². The zero-order valence-corrected chi connectivity index (χ0v) is 14.1. The van der Waals surface area contributed by atoms with Gasteiger partial charge in [-0.3, -0.25) is 9.89 Å². The molecule has 0 saturated heterocycles. The molecule has 0 aliphatic carbocycles. The summed E-state index contributed by atoms with van der Waals surface area (Å²) in [7, 11) is 0. The normalized spacial score (nSPS) is 13.5. The molecule has 3 aromatic rings. The van der Waals surface area contributed by atoms with Crippen LogP contribution in [0.3, 0.4) is 0 Å². The molecule has 1 aliphatic heterocycles. The van der Waals surface area contributed by atoms with Crippen LogP contribution >= 0.6 is 0 Å². The lowest BCUT2D eigenvalue weighted by atomic mass is 10.1. The van der Waals surface area contributed by atoms with Crippen LogP contribution < -0.4 is 10.6 Å². The number of H-pyrrole nitrogens is 1. The second-order valence-electron chi connectivity index (χ2n) is 6.23. The van der Waals surface area contributed by atoms with E-state index >= 15 is 0 Å². The third kappa shape index (κ3) is 2.94. The van der Waals surface area contributed by atoms with E-state index in [4.69, 9.17) is 4.42 Å². The number of oxazole rings is 1. The number of fused-ring (bicyclic) bond motifs is 1. The number of anilines is 1. The van der Waals surface area contributed by atoms with Crippen LogP contribution in [0, 0.1) is 13.8 Å². The number of amides is 1. The third-order valence-corrected chi connectivity index (χ3v) is 4.37. The smallest absolute Gasteiger partial charge is 0.276 e. The molecule has 0 radical (unpaired) electrons. The summed E-state index contributed by atoms with van der Waals surface area (Å²) in [6.45, 7) is 5.41. The van der Waals surface area contributed by atoms with Crippen molar-refractivity contribution < 1.29 is 9.21 Å². The minimum atomic E-state index is -0.223. The first kappa shape index (κ1) is 15.6. The molecule has 4 rings (SSSR count). The molecule has 128 valence electrons. The van der Waals surface area contributed by atoms with Crippen molar-refractivity contribution in [3.05, 3.63) is 52.7 Å². The Kier molecular flexibility index (Phi) is 3.85. The first-order valence-electron chi connectivity index (χ1n) is 8.23. The van der Waals surface area contributed by atoms with Crippen LogP contribution in [0.25, 0.3) is 11.5 Å². The summed E-state index contributed by atoms with van der Waals surface area (Å²) in [5, 5.41) is 13.3. The Morgan fingerprint density at radius 2 is 2.20 bits per heavy atom. The van der Waals surface area contributed by atoms with Gasteiger partial charge in [-0.2, -0.15) is 5.10 Å². The average molecular weight is 337 g/mol. The third-order valence-electron chi connectivity index (χ3n) is 4.37. The highest BCUT2D eigenvalue weighted by atomic mass is 16.3. The number of carbonyl (C=O) groups excluding carboxylic acids is 1. The predicted molar refractivity (Wildman–Crippen MR) is 93.4 cm³/mol. The van der Waals surface area contributed by atoms with E-state index in [0.29, 0.717) is 23.8 Å². The Balaban J connectivity index is 1.61. The van der Waals surface area contributed by atoms with Crippen LogP contribution in [0.15, 0.2) is 28.9 Å². The summed E-state index contributed by atoms with van der Waals surface area (Å²) in [6.07, 6.45) is 2.47. The molecule has 7 nitrogen and oxygen atoms in total. The molecule has 7 heteroatoms. The lowest BCUT2D eigenvalue weighted by Gasteiger charge is -2.13. The van der Waals surface area contributed by atoms with Crippen LogP contribution in [-0.4, -0.2) is 27.6 Å². The van der Waals surface area contributed by atoms with Gasteiger partial charge in [0, 0.05) is 42.0 Å². The molecule has 0 atom stereocenters. The van der Waals surface area contributed by atoms with E-state index in [-0.39, 0.29) is 5.91 Å². The Morgan fingerprint density at radius 3 is 3.00 bits per heavy atom. The minimum Gasteiger partial charge on any atom is -0.444 e. The van der Waals surface area contributed by atoms with E-state index in [1.807, 2.05) is 32.0 Å². The van der Waals surface area contributed by atoms with E-state index in [1.54, 1.807) is 6.26 Å². The molecule has 0 unspecified atom stereocenters. The van der Waals surface area contributed by atoms with Gasteiger partial charge < -0.3 is 15.1 Å². The molecule has 1 amide bonds. The highest BCUT2D eigenvalue weighted by Crippen LogP contribution is 2.26. The zero-order chi connectivity index (χ0) is 17.4. The SMILES string of the molecule is Cc1coc(-c2cc(NC(=O)c3n[nH]c4c3CNCC4)ccc2C)n1. The maximum Gasteiger partial charge on any atom is 0.276 e. The van der Waals surface area contributed by atoms with Crippen LogP contribution in [0.5, 0.6) is 0 Å². The number of aryl methyl sites for hydroxylation is 2. The summed E-state index contributed by atoms with van der Waals surface area (Å²) < 4.78 is 5.49. The monoisotopic (exact) mass is 337 g/mol. The fourth-order valence-corrected chi connectivity index (χ4v) is 3.01. The molecule has 0 bridgehead atoms. The Morgan fingerprint density at radius 1 is 1.32 bits per heavy atom. The fraction of sp³-hybridized carbons (Fsp3) is 0.278. The van der Waals surface area contributed by atoms with Crippen LogP contribution in [0.4, 0.5) is 5.69 Å².